The SMILES string of the molecule is CCc1ccc2oc(C(=O)c3cc4c(cc3CC3(C)OCCO3)NC(=O)C(C)O4)c(CC)c2c1. The summed E-state index contributed by atoms with van der Waals surface area (Å²) >= 11 is 0. The Labute approximate surface area is 198 Å². The van der Waals surface area contributed by atoms with Crippen molar-refractivity contribution >= 4 is 28.3 Å². The van der Waals surface area contributed by atoms with E-state index in [-0.39, 0.29) is 11.7 Å². The van der Waals surface area contributed by atoms with Crippen molar-refractivity contribution in [2.24, 2.45) is 0 Å². The lowest BCUT2D eigenvalue weighted by molar-refractivity contribution is -0.140. The van der Waals surface area contributed by atoms with Gasteiger partial charge in [0, 0.05) is 22.9 Å². The van der Waals surface area contributed by atoms with Crippen LogP contribution in [0.4, 0.5) is 5.69 Å². The normalized spacial score (nSPS) is 19.1. The number of aryl methyl sites for hydroxylation is 2. The second-order valence-corrected chi connectivity index (χ2v) is 9.04. The predicted molar refractivity (Wildman–Crippen MR) is 128 cm³/mol. The fourth-order valence-electron chi connectivity index (χ4n) is 4.73. The van der Waals surface area contributed by atoms with Crippen molar-refractivity contribution in [1.29, 1.82) is 0 Å². The zero-order chi connectivity index (χ0) is 24.0. The van der Waals surface area contributed by atoms with Gasteiger partial charge in [-0.15, -0.1) is 0 Å². The molecule has 0 spiro atoms. The van der Waals surface area contributed by atoms with E-state index in [9.17, 15) is 9.59 Å². The van der Waals surface area contributed by atoms with Crippen molar-refractivity contribution in [2.75, 3.05) is 18.5 Å². The quantitative estimate of drug-likeness (QED) is 0.528. The van der Waals surface area contributed by atoms with Crippen molar-refractivity contribution in [3.05, 3.63) is 58.3 Å². The van der Waals surface area contributed by atoms with E-state index < -0.39 is 11.9 Å². The molecule has 3 heterocycles. The molecule has 1 aromatic heterocycles. The van der Waals surface area contributed by atoms with Crippen molar-refractivity contribution < 1.29 is 28.2 Å². The average Bonchev–Trinajstić information content (AvgIpc) is 3.42. The summed E-state index contributed by atoms with van der Waals surface area (Å²) in [6, 6.07) is 9.54. The van der Waals surface area contributed by atoms with Crippen LogP contribution in [0.15, 0.2) is 34.7 Å². The molecule has 0 radical (unpaired) electrons. The van der Waals surface area contributed by atoms with Crippen LogP contribution in [-0.2, 0) is 33.5 Å². The number of amides is 1. The van der Waals surface area contributed by atoms with Crippen LogP contribution in [-0.4, -0.2) is 36.8 Å². The third-order valence-corrected chi connectivity index (χ3v) is 6.61. The molecule has 3 aromatic rings. The Morgan fingerprint density at radius 2 is 1.88 bits per heavy atom. The van der Waals surface area contributed by atoms with E-state index in [1.54, 1.807) is 19.1 Å². The maximum atomic E-state index is 14.0. The Kier molecular flexibility index (Phi) is 5.70. The number of fused-ring (bicyclic) bond motifs is 2. The molecule has 2 aromatic carbocycles. The molecular weight excluding hydrogens is 434 g/mol. The van der Waals surface area contributed by atoms with Crippen LogP contribution in [0.1, 0.15) is 60.5 Å². The number of ether oxygens (including phenoxy) is 3. The predicted octanol–water partition coefficient (Wildman–Crippen LogP) is 4.81. The maximum Gasteiger partial charge on any atom is 0.265 e. The van der Waals surface area contributed by atoms with Crippen LogP contribution in [0.25, 0.3) is 11.0 Å². The molecule has 1 saturated heterocycles. The lowest BCUT2D eigenvalue weighted by atomic mass is 9.93. The van der Waals surface area contributed by atoms with Crippen molar-refractivity contribution in [1.82, 2.24) is 0 Å². The van der Waals surface area contributed by atoms with E-state index >= 15 is 0 Å². The molecule has 7 heteroatoms. The highest BCUT2D eigenvalue weighted by Gasteiger charge is 2.35. The fourth-order valence-corrected chi connectivity index (χ4v) is 4.73. The fraction of sp³-hybridized carbons (Fsp3) is 0.407. The number of benzene rings is 2. The summed E-state index contributed by atoms with van der Waals surface area (Å²) in [5.41, 5.74) is 4.46. The smallest absolute Gasteiger partial charge is 0.265 e. The number of ketones is 1. The first-order valence-electron chi connectivity index (χ1n) is 11.8. The Bertz CT molecular complexity index is 1280. The summed E-state index contributed by atoms with van der Waals surface area (Å²) in [6.07, 6.45) is 1.26. The van der Waals surface area contributed by atoms with Gasteiger partial charge in [0.15, 0.2) is 17.7 Å². The molecule has 7 nitrogen and oxygen atoms in total. The molecule has 178 valence electrons. The highest BCUT2D eigenvalue weighted by molar-refractivity contribution is 6.12. The third-order valence-electron chi connectivity index (χ3n) is 6.61. The highest BCUT2D eigenvalue weighted by atomic mass is 16.7. The minimum absolute atomic E-state index is 0.223. The molecule has 0 aliphatic carbocycles. The maximum absolute atomic E-state index is 14.0. The zero-order valence-electron chi connectivity index (χ0n) is 19.9. The number of nitrogens with one attached hydrogen (secondary N) is 1. The van der Waals surface area contributed by atoms with Crippen molar-refractivity contribution in [3.63, 3.8) is 0 Å². The van der Waals surface area contributed by atoms with Crippen LogP contribution in [0, 0.1) is 0 Å². The largest absolute Gasteiger partial charge is 0.479 e. The van der Waals surface area contributed by atoms with E-state index in [1.807, 2.05) is 26.0 Å². The van der Waals surface area contributed by atoms with Crippen LogP contribution >= 0.6 is 0 Å². The van der Waals surface area contributed by atoms with Gasteiger partial charge in [0.25, 0.3) is 5.91 Å². The minimum Gasteiger partial charge on any atom is -0.479 e. The van der Waals surface area contributed by atoms with E-state index in [2.05, 4.69) is 18.3 Å². The van der Waals surface area contributed by atoms with Crippen LogP contribution < -0.4 is 10.1 Å². The first-order valence-corrected chi connectivity index (χ1v) is 11.8. The molecule has 34 heavy (non-hydrogen) atoms. The van der Waals surface area contributed by atoms with Gasteiger partial charge < -0.3 is 23.9 Å². The van der Waals surface area contributed by atoms with Crippen molar-refractivity contribution in [2.45, 2.75) is 58.8 Å². The molecule has 0 bridgehead atoms. The van der Waals surface area contributed by atoms with Gasteiger partial charge in [-0.05, 0) is 62.1 Å². The molecule has 1 unspecified atom stereocenters. The molecule has 2 aliphatic rings. The van der Waals surface area contributed by atoms with Gasteiger partial charge in [0.2, 0.25) is 5.78 Å². The summed E-state index contributed by atoms with van der Waals surface area (Å²) in [5.74, 6) is -0.514. The minimum atomic E-state index is -0.854. The second kappa shape index (κ2) is 8.56. The number of rotatable bonds is 6. The Hall–Kier alpha value is -3.16. The van der Waals surface area contributed by atoms with Crippen molar-refractivity contribution in [3.8, 4) is 5.75 Å². The van der Waals surface area contributed by atoms with E-state index in [1.165, 1.54) is 5.56 Å². The van der Waals surface area contributed by atoms with Crippen LogP contribution in [0.3, 0.4) is 0 Å². The third kappa shape index (κ3) is 3.89. The lowest BCUT2D eigenvalue weighted by Crippen LogP contribution is -2.35. The molecule has 1 fully saturated rings. The van der Waals surface area contributed by atoms with E-state index in [0.29, 0.717) is 60.0 Å². The molecule has 1 N–H and O–H groups in total. The summed E-state index contributed by atoms with van der Waals surface area (Å²) < 4.78 is 23.5. The molecule has 0 saturated carbocycles. The van der Waals surface area contributed by atoms with Gasteiger partial charge in [0.05, 0.1) is 18.9 Å². The van der Waals surface area contributed by atoms with Gasteiger partial charge in [-0.2, -0.15) is 0 Å². The summed E-state index contributed by atoms with van der Waals surface area (Å²) in [5, 5.41) is 3.84. The van der Waals surface area contributed by atoms with Gasteiger partial charge in [-0.3, -0.25) is 9.59 Å². The van der Waals surface area contributed by atoms with E-state index in [0.717, 1.165) is 17.4 Å². The van der Waals surface area contributed by atoms with Crippen LogP contribution in [0.2, 0.25) is 0 Å². The molecule has 1 atom stereocenters. The van der Waals surface area contributed by atoms with Crippen LogP contribution in [0.5, 0.6) is 5.75 Å². The van der Waals surface area contributed by atoms with Gasteiger partial charge in [0.1, 0.15) is 11.3 Å². The monoisotopic (exact) mass is 463 g/mol. The van der Waals surface area contributed by atoms with Gasteiger partial charge >= 0.3 is 0 Å². The lowest BCUT2D eigenvalue weighted by Gasteiger charge is -2.27. The number of carbonyl (C=O) groups excluding carboxylic acids is 2. The number of hydrogen-bond donors (Lipinski definition) is 1. The Morgan fingerprint density at radius 3 is 2.59 bits per heavy atom. The average molecular weight is 464 g/mol. The molecular formula is C27H29NO6. The van der Waals surface area contributed by atoms with Gasteiger partial charge in [-0.1, -0.05) is 19.9 Å². The molecule has 1 amide bonds. The highest BCUT2D eigenvalue weighted by Crippen LogP contribution is 2.38. The van der Waals surface area contributed by atoms with E-state index in [4.69, 9.17) is 18.6 Å². The summed E-state index contributed by atoms with van der Waals surface area (Å²) in [6.45, 7) is 8.64. The van der Waals surface area contributed by atoms with Gasteiger partial charge in [-0.25, -0.2) is 0 Å². The number of carbonyl (C=O) groups is 2. The first kappa shape index (κ1) is 22.6. The number of hydrogen-bond acceptors (Lipinski definition) is 6. The Morgan fingerprint density at radius 1 is 1.12 bits per heavy atom. The number of anilines is 1. The number of furan rings is 1. The summed E-state index contributed by atoms with van der Waals surface area (Å²) in [4.78, 5) is 26.1. The first-order chi connectivity index (χ1) is 16.3. The summed E-state index contributed by atoms with van der Waals surface area (Å²) in [7, 11) is 0. The molecule has 2 aliphatic heterocycles. The topological polar surface area (TPSA) is 87.0 Å². The second-order valence-electron chi connectivity index (χ2n) is 9.04. The zero-order valence-corrected chi connectivity index (χ0v) is 19.9. The Balaban J connectivity index is 1.64. The molecule has 5 rings (SSSR count). The standard InChI is InChI=1S/C27H29NO6/c1-5-16-7-8-22-20(11-16)18(6-2)25(34-22)24(29)19-13-23-21(28-26(30)15(3)33-23)12-17(19)14-27(4)31-9-10-32-27/h7-8,11-13,15H,5-6,9-10,14H2,1-4H3,(H,28,30).